The van der Waals surface area contributed by atoms with E-state index in [-0.39, 0.29) is 23.9 Å². The monoisotopic (exact) mass is 319 g/mol. The molecule has 0 aliphatic carbocycles. The number of halogens is 1. The molecule has 0 saturated carbocycles. The smallest absolute Gasteiger partial charge is 0.304 e. The Balaban J connectivity index is 1.82. The fraction of sp³-hybridized carbons (Fsp3) is 0.529. The molecule has 2 heterocycles. The van der Waals surface area contributed by atoms with E-state index >= 15 is 0 Å². The summed E-state index contributed by atoms with van der Waals surface area (Å²) in [7, 11) is 1.52. The minimum atomic E-state index is -0.293. The third kappa shape index (κ3) is 3.37. The Morgan fingerprint density at radius 1 is 1.09 bits per heavy atom. The molecule has 0 N–H and O–H groups in total. The van der Waals surface area contributed by atoms with Gasteiger partial charge in [0, 0.05) is 26.7 Å². The molecule has 0 aromatic heterocycles. The number of hydrogen-bond donors (Lipinski definition) is 0. The Morgan fingerprint density at radius 2 is 1.74 bits per heavy atom. The van der Waals surface area contributed by atoms with Crippen molar-refractivity contribution in [2.24, 2.45) is 0 Å². The maximum atomic E-state index is 13.1. The lowest BCUT2D eigenvalue weighted by Crippen LogP contribution is -2.61. The molecule has 1 aromatic rings. The highest BCUT2D eigenvalue weighted by molar-refractivity contribution is 5.96. The van der Waals surface area contributed by atoms with E-state index in [1.54, 1.807) is 17.0 Å². The molecule has 6 heteroatoms. The molecule has 3 rings (SSSR count). The number of benzene rings is 1. The highest BCUT2D eigenvalue weighted by Gasteiger charge is 2.39. The molecule has 2 fully saturated rings. The molecule has 124 valence electrons. The zero-order chi connectivity index (χ0) is 16.4. The second-order valence-electron chi connectivity index (χ2n) is 6.27. The minimum Gasteiger partial charge on any atom is -0.304 e. The first kappa shape index (κ1) is 15.9. The number of rotatable bonds is 3. The van der Waals surface area contributed by atoms with E-state index in [1.165, 1.54) is 30.5 Å². The van der Waals surface area contributed by atoms with Crippen molar-refractivity contribution in [1.82, 2.24) is 14.7 Å². The average Bonchev–Trinajstić information content (AvgIpc) is 2.58. The Bertz CT molecular complexity index is 584. The van der Waals surface area contributed by atoms with Crippen LogP contribution in [0.3, 0.4) is 0 Å². The van der Waals surface area contributed by atoms with Gasteiger partial charge in [0.2, 0.25) is 5.91 Å². The molecule has 0 bridgehead atoms. The zero-order valence-corrected chi connectivity index (χ0v) is 13.4. The molecule has 1 atom stereocenters. The summed E-state index contributed by atoms with van der Waals surface area (Å²) in [6.45, 7) is 2.21. The molecule has 2 saturated heterocycles. The first-order valence-electron chi connectivity index (χ1n) is 8.12. The third-order valence-corrected chi connectivity index (χ3v) is 4.70. The van der Waals surface area contributed by atoms with Crippen molar-refractivity contribution in [1.29, 1.82) is 0 Å². The van der Waals surface area contributed by atoms with Gasteiger partial charge in [-0.05, 0) is 30.5 Å². The van der Waals surface area contributed by atoms with Gasteiger partial charge in [0.25, 0.3) is 0 Å². The summed E-state index contributed by atoms with van der Waals surface area (Å²) >= 11 is 0. The van der Waals surface area contributed by atoms with Crippen molar-refractivity contribution in [3.63, 3.8) is 0 Å². The van der Waals surface area contributed by atoms with Gasteiger partial charge in [0.15, 0.2) is 0 Å². The predicted molar refractivity (Wildman–Crippen MR) is 83.9 cm³/mol. The second kappa shape index (κ2) is 6.66. The van der Waals surface area contributed by atoms with Crippen LogP contribution in [0.25, 0.3) is 0 Å². The van der Waals surface area contributed by atoms with E-state index < -0.39 is 0 Å². The van der Waals surface area contributed by atoms with Gasteiger partial charge >= 0.3 is 6.03 Å². The zero-order valence-electron chi connectivity index (χ0n) is 13.4. The van der Waals surface area contributed by atoms with Crippen molar-refractivity contribution < 1.29 is 14.0 Å². The van der Waals surface area contributed by atoms with E-state index in [0.29, 0.717) is 13.0 Å². The number of nitrogens with zero attached hydrogens (tertiary/aromatic N) is 3. The number of urea groups is 1. The van der Waals surface area contributed by atoms with Crippen molar-refractivity contribution >= 4 is 11.9 Å². The highest BCUT2D eigenvalue weighted by Crippen LogP contribution is 2.25. The van der Waals surface area contributed by atoms with Gasteiger partial charge in [-0.15, -0.1) is 0 Å². The minimum absolute atomic E-state index is 0.138. The molecule has 0 spiro atoms. The van der Waals surface area contributed by atoms with Gasteiger partial charge in [-0.2, -0.15) is 0 Å². The van der Waals surface area contributed by atoms with Crippen LogP contribution in [0.4, 0.5) is 9.18 Å². The largest absolute Gasteiger partial charge is 0.328 e. The quantitative estimate of drug-likeness (QED) is 0.859. The van der Waals surface area contributed by atoms with E-state index in [2.05, 4.69) is 4.90 Å². The normalized spacial score (nSPS) is 23.5. The number of amides is 3. The van der Waals surface area contributed by atoms with Gasteiger partial charge in [0.1, 0.15) is 5.82 Å². The van der Waals surface area contributed by atoms with Crippen LogP contribution < -0.4 is 0 Å². The molecule has 2 aliphatic rings. The number of carbonyl (C=O) groups excluding carboxylic acids is 2. The van der Waals surface area contributed by atoms with Gasteiger partial charge < -0.3 is 4.90 Å². The standard InChI is InChI=1S/C17H22FN3O2/c1-19-16(22)11-15(20-9-3-2-4-10-20)21(17(19)23)12-13-5-7-14(18)8-6-13/h5-8,15H,2-4,9-12H2,1H3. The molecule has 2 aliphatic heterocycles. The molecule has 1 aromatic carbocycles. The SMILES string of the molecule is CN1C(=O)CC(N2CCCCC2)N(Cc2ccc(F)cc2)C1=O. The summed E-state index contributed by atoms with van der Waals surface area (Å²) in [5.41, 5.74) is 0.865. The Morgan fingerprint density at radius 3 is 2.39 bits per heavy atom. The Labute approximate surface area is 135 Å². The number of imide groups is 1. The first-order chi connectivity index (χ1) is 11.1. The molecule has 1 unspecified atom stereocenters. The fourth-order valence-electron chi connectivity index (χ4n) is 3.33. The molecule has 23 heavy (non-hydrogen) atoms. The van der Waals surface area contributed by atoms with Crippen LogP contribution in [0, 0.1) is 5.82 Å². The Kier molecular flexibility index (Phi) is 4.61. The highest BCUT2D eigenvalue weighted by atomic mass is 19.1. The van der Waals surface area contributed by atoms with Crippen molar-refractivity contribution in [2.75, 3.05) is 20.1 Å². The van der Waals surface area contributed by atoms with Gasteiger partial charge in [-0.25, -0.2) is 9.18 Å². The summed E-state index contributed by atoms with van der Waals surface area (Å²) in [4.78, 5) is 29.8. The second-order valence-corrected chi connectivity index (χ2v) is 6.27. The summed E-state index contributed by atoms with van der Waals surface area (Å²) < 4.78 is 13.1. The molecular weight excluding hydrogens is 297 g/mol. The Hall–Kier alpha value is -1.95. The predicted octanol–water partition coefficient (Wildman–Crippen LogP) is 2.42. The van der Waals surface area contributed by atoms with Crippen LogP contribution in [0.1, 0.15) is 31.2 Å². The van der Waals surface area contributed by atoms with E-state index in [9.17, 15) is 14.0 Å². The fourth-order valence-corrected chi connectivity index (χ4v) is 3.33. The number of hydrogen-bond acceptors (Lipinski definition) is 3. The maximum Gasteiger partial charge on any atom is 0.328 e. The topological polar surface area (TPSA) is 43.9 Å². The van der Waals surface area contributed by atoms with Gasteiger partial charge in [-0.3, -0.25) is 14.6 Å². The summed E-state index contributed by atoms with van der Waals surface area (Å²) in [6, 6.07) is 5.89. The average molecular weight is 319 g/mol. The van der Waals surface area contributed by atoms with Crippen LogP contribution in [0.15, 0.2) is 24.3 Å². The molecule has 0 radical (unpaired) electrons. The third-order valence-electron chi connectivity index (χ3n) is 4.70. The lowest BCUT2D eigenvalue weighted by atomic mass is 10.1. The summed E-state index contributed by atoms with van der Waals surface area (Å²) in [5.74, 6) is -0.431. The lowest BCUT2D eigenvalue weighted by molar-refractivity contribution is -0.135. The van der Waals surface area contributed by atoms with Crippen LogP contribution in [0.5, 0.6) is 0 Å². The van der Waals surface area contributed by atoms with Crippen LogP contribution in [-0.2, 0) is 11.3 Å². The van der Waals surface area contributed by atoms with Crippen LogP contribution in [0.2, 0.25) is 0 Å². The van der Waals surface area contributed by atoms with E-state index in [4.69, 9.17) is 0 Å². The van der Waals surface area contributed by atoms with Crippen molar-refractivity contribution in [3.8, 4) is 0 Å². The van der Waals surface area contributed by atoms with Gasteiger partial charge in [-0.1, -0.05) is 18.6 Å². The van der Waals surface area contributed by atoms with Crippen LogP contribution in [-0.4, -0.2) is 52.9 Å². The van der Waals surface area contributed by atoms with E-state index in [1.807, 2.05) is 0 Å². The first-order valence-corrected chi connectivity index (χ1v) is 8.12. The molecular formula is C17H22FN3O2. The lowest BCUT2D eigenvalue weighted by Gasteiger charge is -2.45. The molecule has 3 amide bonds. The van der Waals surface area contributed by atoms with E-state index in [0.717, 1.165) is 31.5 Å². The summed E-state index contributed by atoms with van der Waals surface area (Å²) in [5, 5.41) is 0. The number of likely N-dealkylation sites (tertiary alicyclic amines) is 1. The van der Waals surface area contributed by atoms with Gasteiger partial charge in [0.05, 0.1) is 12.6 Å². The van der Waals surface area contributed by atoms with Crippen molar-refractivity contribution in [3.05, 3.63) is 35.6 Å². The van der Waals surface area contributed by atoms with Crippen molar-refractivity contribution in [2.45, 2.75) is 38.4 Å². The summed E-state index contributed by atoms with van der Waals surface area (Å²) in [6.07, 6.45) is 3.52. The number of carbonyl (C=O) groups is 2. The molecule has 5 nitrogen and oxygen atoms in total. The number of piperidine rings is 1. The van der Waals surface area contributed by atoms with Crippen LogP contribution >= 0.6 is 0 Å². The maximum absolute atomic E-state index is 13.1.